The van der Waals surface area contributed by atoms with Crippen LogP contribution in [0.15, 0.2) is 73.2 Å². The minimum absolute atomic E-state index is 0.623. The van der Waals surface area contributed by atoms with E-state index < -0.39 is 0 Å². The number of rotatable bonds is 7. The minimum Gasteiger partial charge on any atom is -0.492 e. The number of nitrogens with one attached hydrogen (secondary N) is 1. The van der Waals surface area contributed by atoms with Crippen molar-refractivity contribution in [2.45, 2.75) is 6.42 Å². The van der Waals surface area contributed by atoms with E-state index in [1.54, 1.807) is 18.6 Å². The molecule has 1 N–H and O–H groups in total. The first kappa shape index (κ1) is 16.1. The van der Waals surface area contributed by atoms with Crippen LogP contribution < -0.4 is 10.1 Å². The van der Waals surface area contributed by atoms with Crippen LogP contribution in [0.4, 0.5) is 5.82 Å². The third-order valence-corrected chi connectivity index (χ3v) is 3.96. The average Bonchev–Trinajstić information content (AvgIpc) is 3.18. The molecule has 0 amide bonds. The normalized spacial score (nSPS) is 10.8. The maximum absolute atomic E-state index is 5.67. The van der Waals surface area contributed by atoms with Gasteiger partial charge in [0.05, 0.1) is 24.7 Å². The number of hydrogen-bond acceptors (Lipinski definition) is 5. The van der Waals surface area contributed by atoms with Gasteiger partial charge in [-0.3, -0.25) is 4.98 Å². The molecule has 0 saturated carbocycles. The number of fused-ring (bicyclic) bond motifs is 1. The number of benzene rings is 1. The Morgan fingerprint density at radius 3 is 2.77 bits per heavy atom. The number of anilines is 1. The van der Waals surface area contributed by atoms with Crippen molar-refractivity contribution in [3.8, 4) is 17.0 Å². The Labute approximate surface area is 151 Å². The second-order valence-electron chi connectivity index (χ2n) is 5.81. The van der Waals surface area contributed by atoms with Crippen LogP contribution in [0.25, 0.3) is 16.9 Å². The lowest BCUT2D eigenvalue weighted by Gasteiger charge is -2.11. The fraction of sp³-hybridized carbons (Fsp3) is 0.150. The highest BCUT2D eigenvalue weighted by Gasteiger charge is 2.07. The topological polar surface area (TPSA) is 64.3 Å². The molecule has 0 saturated heterocycles. The quantitative estimate of drug-likeness (QED) is 0.518. The lowest BCUT2D eigenvalue weighted by atomic mass is 10.1. The molecule has 26 heavy (non-hydrogen) atoms. The summed E-state index contributed by atoms with van der Waals surface area (Å²) in [6.07, 6.45) is 6.07. The first-order chi connectivity index (χ1) is 12.9. The highest BCUT2D eigenvalue weighted by atomic mass is 16.5. The lowest BCUT2D eigenvalue weighted by molar-refractivity contribution is 0.313. The van der Waals surface area contributed by atoms with Crippen molar-refractivity contribution >= 4 is 11.5 Å². The minimum atomic E-state index is 0.623. The highest BCUT2D eigenvalue weighted by Crippen LogP contribution is 2.21. The molecular formula is C20H19N5O. The standard InChI is InChI=1S/C20H19N5O/c1-2-6-16(7-3-1)18-14-20(25-19(24-18)9-12-23-25)22-11-5-13-26-17-8-4-10-21-15-17/h1-4,6-10,12,14-15,22H,5,11,13H2. The zero-order chi connectivity index (χ0) is 17.6. The summed E-state index contributed by atoms with van der Waals surface area (Å²) in [5, 5.41) is 7.79. The Hall–Kier alpha value is -3.41. The van der Waals surface area contributed by atoms with E-state index in [2.05, 4.69) is 32.5 Å². The third-order valence-electron chi connectivity index (χ3n) is 3.96. The molecule has 1 aromatic carbocycles. The smallest absolute Gasteiger partial charge is 0.157 e. The van der Waals surface area contributed by atoms with Crippen LogP contribution >= 0.6 is 0 Å². The molecule has 130 valence electrons. The summed E-state index contributed by atoms with van der Waals surface area (Å²) >= 11 is 0. The van der Waals surface area contributed by atoms with Crippen molar-refractivity contribution in [3.05, 3.63) is 73.2 Å². The number of nitrogens with zero attached hydrogens (tertiary/aromatic N) is 4. The van der Waals surface area contributed by atoms with Crippen molar-refractivity contribution in [2.75, 3.05) is 18.5 Å². The maximum atomic E-state index is 5.67. The number of ether oxygens (including phenoxy) is 1. The van der Waals surface area contributed by atoms with Crippen molar-refractivity contribution in [1.82, 2.24) is 19.6 Å². The summed E-state index contributed by atoms with van der Waals surface area (Å²) in [5.74, 6) is 1.71. The van der Waals surface area contributed by atoms with E-state index in [1.165, 1.54) is 0 Å². The molecule has 3 aromatic heterocycles. The Bertz CT molecular complexity index is 969. The number of hydrogen-bond donors (Lipinski definition) is 1. The Balaban J connectivity index is 1.43. The second kappa shape index (κ2) is 7.65. The van der Waals surface area contributed by atoms with Gasteiger partial charge in [-0.1, -0.05) is 30.3 Å². The van der Waals surface area contributed by atoms with Crippen LogP contribution in [0, 0.1) is 0 Å². The molecule has 3 heterocycles. The van der Waals surface area contributed by atoms with E-state index in [0.717, 1.165) is 41.4 Å². The Morgan fingerprint density at radius 2 is 1.92 bits per heavy atom. The first-order valence-electron chi connectivity index (χ1n) is 8.57. The fourth-order valence-electron chi connectivity index (χ4n) is 2.71. The van der Waals surface area contributed by atoms with E-state index in [1.807, 2.05) is 47.0 Å². The van der Waals surface area contributed by atoms with Crippen molar-refractivity contribution < 1.29 is 4.74 Å². The van der Waals surface area contributed by atoms with Crippen LogP contribution in [0.2, 0.25) is 0 Å². The molecule has 0 aliphatic rings. The molecule has 0 spiro atoms. The van der Waals surface area contributed by atoms with Crippen LogP contribution in [0.1, 0.15) is 6.42 Å². The summed E-state index contributed by atoms with van der Waals surface area (Å²) in [4.78, 5) is 8.72. The van der Waals surface area contributed by atoms with Gasteiger partial charge in [-0.2, -0.15) is 9.61 Å². The summed E-state index contributed by atoms with van der Waals surface area (Å²) in [6, 6.07) is 17.8. The zero-order valence-corrected chi connectivity index (χ0v) is 14.2. The van der Waals surface area contributed by atoms with Gasteiger partial charge in [0, 0.05) is 30.4 Å². The predicted molar refractivity (Wildman–Crippen MR) is 101 cm³/mol. The molecule has 0 radical (unpaired) electrons. The van der Waals surface area contributed by atoms with Gasteiger partial charge in [0.15, 0.2) is 5.65 Å². The van der Waals surface area contributed by atoms with Gasteiger partial charge >= 0.3 is 0 Å². The molecule has 0 atom stereocenters. The van der Waals surface area contributed by atoms with Crippen LogP contribution in [0.5, 0.6) is 5.75 Å². The largest absolute Gasteiger partial charge is 0.492 e. The molecule has 0 fully saturated rings. The zero-order valence-electron chi connectivity index (χ0n) is 14.2. The van der Waals surface area contributed by atoms with Gasteiger partial charge in [-0.25, -0.2) is 4.98 Å². The number of aromatic nitrogens is 4. The van der Waals surface area contributed by atoms with Crippen LogP contribution in [-0.2, 0) is 0 Å². The molecule has 0 bridgehead atoms. The second-order valence-corrected chi connectivity index (χ2v) is 5.81. The van der Waals surface area contributed by atoms with Gasteiger partial charge in [-0.15, -0.1) is 0 Å². The molecule has 6 heteroatoms. The first-order valence-corrected chi connectivity index (χ1v) is 8.57. The third kappa shape index (κ3) is 3.64. The molecule has 0 aliphatic carbocycles. The van der Waals surface area contributed by atoms with Gasteiger partial charge in [-0.05, 0) is 18.6 Å². The lowest BCUT2D eigenvalue weighted by Crippen LogP contribution is -2.11. The SMILES string of the molecule is c1ccc(-c2cc(NCCCOc3cccnc3)n3nccc3n2)cc1. The van der Waals surface area contributed by atoms with E-state index >= 15 is 0 Å². The predicted octanol–water partition coefficient (Wildman–Crippen LogP) is 3.67. The van der Waals surface area contributed by atoms with E-state index in [-0.39, 0.29) is 0 Å². The molecule has 4 rings (SSSR count). The van der Waals surface area contributed by atoms with Crippen LogP contribution in [-0.4, -0.2) is 32.7 Å². The maximum Gasteiger partial charge on any atom is 0.157 e. The van der Waals surface area contributed by atoms with Crippen molar-refractivity contribution in [2.24, 2.45) is 0 Å². The molecule has 6 nitrogen and oxygen atoms in total. The molecule has 4 aromatic rings. The summed E-state index contributed by atoms with van der Waals surface area (Å²) in [7, 11) is 0. The Morgan fingerprint density at radius 1 is 1.00 bits per heavy atom. The van der Waals surface area contributed by atoms with E-state index in [4.69, 9.17) is 4.74 Å². The van der Waals surface area contributed by atoms with Crippen LogP contribution in [0.3, 0.4) is 0 Å². The number of pyridine rings is 1. The Kier molecular flexibility index (Phi) is 4.73. The van der Waals surface area contributed by atoms with Crippen molar-refractivity contribution in [3.63, 3.8) is 0 Å². The monoisotopic (exact) mass is 345 g/mol. The average molecular weight is 345 g/mol. The molecule has 0 unspecified atom stereocenters. The molecular weight excluding hydrogens is 326 g/mol. The van der Waals surface area contributed by atoms with Crippen molar-refractivity contribution in [1.29, 1.82) is 0 Å². The van der Waals surface area contributed by atoms with Gasteiger partial charge in [0.1, 0.15) is 11.6 Å². The molecule has 0 aliphatic heterocycles. The van der Waals surface area contributed by atoms with E-state index in [9.17, 15) is 0 Å². The summed E-state index contributed by atoms with van der Waals surface area (Å²) in [5.41, 5.74) is 2.83. The van der Waals surface area contributed by atoms with Gasteiger partial charge in [0.2, 0.25) is 0 Å². The van der Waals surface area contributed by atoms with Gasteiger partial charge in [0.25, 0.3) is 0 Å². The van der Waals surface area contributed by atoms with Gasteiger partial charge < -0.3 is 10.1 Å². The fourth-order valence-corrected chi connectivity index (χ4v) is 2.71. The highest BCUT2D eigenvalue weighted by molar-refractivity contribution is 5.66. The summed E-state index contributed by atoms with van der Waals surface area (Å²) in [6.45, 7) is 1.39. The van der Waals surface area contributed by atoms with E-state index in [0.29, 0.717) is 6.61 Å². The summed E-state index contributed by atoms with van der Waals surface area (Å²) < 4.78 is 7.49.